The monoisotopic (exact) mass is 389 g/mol. The lowest BCUT2D eigenvalue weighted by Gasteiger charge is -2.32. The summed E-state index contributed by atoms with van der Waals surface area (Å²) in [6.07, 6.45) is 6.93. The van der Waals surface area contributed by atoms with Gasteiger partial charge in [0.25, 0.3) is 5.56 Å². The fourth-order valence-corrected chi connectivity index (χ4v) is 3.91. The van der Waals surface area contributed by atoms with E-state index in [1.54, 1.807) is 24.1 Å². The molecule has 0 unspecified atom stereocenters. The first-order chi connectivity index (χ1) is 14.2. The summed E-state index contributed by atoms with van der Waals surface area (Å²) in [6.45, 7) is 3.34. The maximum absolute atomic E-state index is 12.7. The Labute approximate surface area is 171 Å². The van der Waals surface area contributed by atoms with Crippen molar-refractivity contribution in [3.05, 3.63) is 53.2 Å². The molecule has 0 amide bonds. The van der Waals surface area contributed by atoms with Crippen molar-refractivity contribution in [2.75, 3.05) is 26.7 Å². The molecule has 1 aliphatic heterocycles. The molecular weight excluding hydrogens is 365 g/mol. The summed E-state index contributed by atoms with van der Waals surface area (Å²) in [5.74, 6) is 0.695. The predicted octanol–water partition coefficient (Wildman–Crippen LogP) is 1.60. The first-order valence-electron chi connectivity index (χ1n) is 9.86. The molecule has 0 saturated carbocycles. The number of piperidine rings is 1. The van der Waals surface area contributed by atoms with E-state index in [1.165, 1.54) is 6.20 Å². The highest BCUT2D eigenvalue weighted by molar-refractivity contribution is 6.04. The van der Waals surface area contributed by atoms with E-state index < -0.39 is 0 Å². The molecule has 7 nitrogen and oxygen atoms in total. The van der Waals surface area contributed by atoms with Gasteiger partial charge in [-0.15, -0.1) is 0 Å². The number of hydrogen-bond donors (Lipinski definition) is 1. The highest BCUT2D eigenvalue weighted by Crippen LogP contribution is 2.31. The molecule has 3 aromatic rings. The van der Waals surface area contributed by atoms with Crippen molar-refractivity contribution in [2.24, 2.45) is 0 Å². The normalized spacial score (nSPS) is 15.6. The Bertz CT molecular complexity index is 1030. The summed E-state index contributed by atoms with van der Waals surface area (Å²) in [7, 11) is 7.18. The van der Waals surface area contributed by atoms with Crippen LogP contribution in [-0.2, 0) is 6.54 Å². The maximum Gasteiger partial charge on any atom is 0.269 e. The second-order valence-electron chi connectivity index (χ2n) is 7.31. The zero-order valence-electron chi connectivity index (χ0n) is 16.5. The summed E-state index contributed by atoms with van der Waals surface area (Å²) in [5, 5.41) is 2.86. The molecular formula is C21H24BN5O2. The van der Waals surface area contributed by atoms with Gasteiger partial charge in [0, 0.05) is 37.1 Å². The average Bonchev–Trinajstić information content (AvgIpc) is 2.78. The van der Waals surface area contributed by atoms with Gasteiger partial charge in [0.1, 0.15) is 5.75 Å². The molecule has 8 heteroatoms. The molecule has 0 aliphatic carbocycles. The predicted molar refractivity (Wildman–Crippen MR) is 114 cm³/mol. The number of hydrogen-bond acceptors (Lipinski definition) is 6. The Morgan fingerprint density at radius 2 is 1.97 bits per heavy atom. The molecule has 1 N–H and O–H groups in total. The third kappa shape index (κ3) is 4.18. The zero-order valence-corrected chi connectivity index (χ0v) is 16.5. The average molecular weight is 389 g/mol. The first-order valence-corrected chi connectivity index (χ1v) is 9.86. The maximum atomic E-state index is 12.7. The number of likely N-dealkylation sites (tertiary alicyclic amines) is 1. The molecule has 1 saturated heterocycles. The van der Waals surface area contributed by atoms with Crippen molar-refractivity contribution in [1.82, 2.24) is 24.7 Å². The molecule has 1 aliphatic rings. The summed E-state index contributed by atoms with van der Waals surface area (Å²) in [4.78, 5) is 23.6. The number of nitrogens with zero attached hydrogens (tertiary/aromatic N) is 4. The third-order valence-corrected chi connectivity index (χ3v) is 5.61. The summed E-state index contributed by atoms with van der Waals surface area (Å²) in [6, 6.07) is 8.08. The van der Waals surface area contributed by atoms with Crippen LogP contribution in [-0.4, -0.2) is 60.2 Å². The number of nitrogens with one attached hydrogen (secondary N) is 1. The van der Waals surface area contributed by atoms with Gasteiger partial charge in [-0.3, -0.25) is 9.78 Å². The van der Waals surface area contributed by atoms with Gasteiger partial charge >= 0.3 is 0 Å². The van der Waals surface area contributed by atoms with Crippen LogP contribution >= 0.6 is 0 Å². The minimum absolute atomic E-state index is 0.107. The molecule has 0 spiro atoms. The van der Waals surface area contributed by atoms with Crippen LogP contribution in [0.2, 0.25) is 0 Å². The van der Waals surface area contributed by atoms with Crippen molar-refractivity contribution < 1.29 is 4.74 Å². The summed E-state index contributed by atoms with van der Waals surface area (Å²) in [5.41, 5.74) is 3.36. The standard InChI is InChI=1S/C21H24BN5O2/c1-29-17-12-18(15-2-6-23-7-3-15)21-19(13-17)27(20(28)14-24-21)11-10-26-8-4-16(25-22)5-9-26/h2-3,6-7,12-14,16,25H,4-5,8-11H2,1H3. The number of methoxy groups -OCH3 is 1. The number of aromatic nitrogens is 3. The Morgan fingerprint density at radius 3 is 2.66 bits per heavy atom. The zero-order chi connectivity index (χ0) is 20.2. The van der Waals surface area contributed by atoms with E-state index in [0.29, 0.717) is 18.3 Å². The molecule has 1 fully saturated rings. The number of ether oxygens (including phenoxy) is 1. The number of rotatable bonds is 6. The van der Waals surface area contributed by atoms with E-state index in [4.69, 9.17) is 12.7 Å². The molecule has 1 aromatic carbocycles. The summed E-state index contributed by atoms with van der Waals surface area (Å²) >= 11 is 0. The third-order valence-electron chi connectivity index (χ3n) is 5.61. The van der Waals surface area contributed by atoms with E-state index in [1.807, 2.05) is 24.3 Å². The molecule has 0 atom stereocenters. The minimum Gasteiger partial charge on any atom is -0.497 e. The highest BCUT2D eigenvalue weighted by Gasteiger charge is 2.18. The van der Waals surface area contributed by atoms with E-state index in [0.717, 1.165) is 54.6 Å². The van der Waals surface area contributed by atoms with Crippen LogP contribution in [0.25, 0.3) is 22.2 Å². The second-order valence-corrected chi connectivity index (χ2v) is 7.31. The lowest BCUT2D eigenvalue weighted by molar-refractivity contribution is 0.201. The number of fused-ring (bicyclic) bond motifs is 1. The molecule has 3 heterocycles. The van der Waals surface area contributed by atoms with Crippen LogP contribution in [0.15, 0.2) is 47.7 Å². The number of pyridine rings is 1. The van der Waals surface area contributed by atoms with Crippen LogP contribution in [0.3, 0.4) is 0 Å². The number of benzene rings is 1. The Hall–Kier alpha value is -2.71. The van der Waals surface area contributed by atoms with Crippen LogP contribution in [0.4, 0.5) is 0 Å². The van der Waals surface area contributed by atoms with Gasteiger partial charge in [-0.25, -0.2) is 4.98 Å². The van der Waals surface area contributed by atoms with Gasteiger partial charge in [0.15, 0.2) is 7.98 Å². The van der Waals surface area contributed by atoms with Crippen LogP contribution in [0.1, 0.15) is 12.8 Å². The molecule has 29 heavy (non-hydrogen) atoms. The van der Waals surface area contributed by atoms with Crippen LogP contribution in [0, 0.1) is 0 Å². The molecule has 0 bridgehead atoms. The lowest BCUT2D eigenvalue weighted by Crippen LogP contribution is -2.43. The van der Waals surface area contributed by atoms with Crippen LogP contribution in [0.5, 0.6) is 5.75 Å². The molecule has 4 rings (SSSR count). The van der Waals surface area contributed by atoms with Gasteiger partial charge in [-0.05, 0) is 55.7 Å². The first kappa shape index (κ1) is 19.6. The van der Waals surface area contributed by atoms with E-state index in [2.05, 4.69) is 20.1 Å². The van der Waals surface area contributed by atoms with Crippen molar-refractivity contribution >= 4 is 19.0 Å². The van der Waals surface area contributed by atoms with Gasteiger partial charge < -0.3 is 19.4 Å². The molecule has 2 radical (unpaired) electrons. The second kappa shape index (κ2) is 8.76. The highest BCUT2D eigenvalue weighted by atomic mass is 16.5. The quantitative estimate of drug-likeness (QED) is 0.646. The van der Waals surface area contributed by atoms with Gasteiger partial charge in [-0.2, -0.15) is 0 Å². The Balaban J connectivity index is 1.69. The topological polar surface area (TPSA) is 72.3 Å². The van der Waals surface area contributed by atoms with Gasteiger partial charge in [0.2, 0.25) is 0 Å². The van der Waals surface area contributed by atoms with E-state index in [-0.39, 0.29) is 5.56 Å². The largest absolute Gasteiger partial charge is 0.497 e. The van der Waals surface area contributed by atoms with Crippen molar-refractivity contribution in [3.8, 4) is 16.9 Å². The Kier molecular flexibility index (Phi) is 5.92. The Morgan fingerprint density at radius 1 is 1.21 bits per heavy atom. The van der Waals surface area contributed by atoms with E-state index >= 15 is 0 Å². The van der Waals surface area contributed by atoms with Crippen molar-refractivity contribution in [3.63, 3.8) is 0 Å². The van der Waals surface area contributed by atoms with Crippen molar-refractivity contribution in [2.45, 2.75) is 25.4 Å². The fraction of sp³-hybridized carbons (Fsp3) is 0.381. The summed E-state index contributed by atoms with van der Waals surface area (Å²) < 4.78 is 7.30. The van der Waals surface area contributed by atoms with Crippen molar-refractivity contribution in [1.29, 1.82) is 0 Å². The van der Waals surface area contributed by atoms with Gasteiger partial charge in [0.05, 0.1) is 24.3 Å². The minimum atomic E-state index is -0.107. The molecule has 2 aromatic heterocycles. The SMILES string of the molecule is [B]NC1CCN(CCn2c(=O)cnc3c(-c4ccncc4)cc(OC)cc32)CC1. The van der Waals surface area contributed by atoms with Gasteiger partial charge in [-0.1, -0.05) is 0 Å². The fourth-order valence-electron chi connectivity index (χ4n) is 3.91. The lowest BCUT2D eigenvalue weighted by atomic mass is 10.0. The van der Waals surface area contributed by atoms with E-state index in [9.17, 15) is 4.79 Å². The van der Waals surface area contributed by atoms with Crippen LogP contribution < -0.4 is 15.5 Å². The molecule has 148 valence electrons. The smallest absolute Gasteiger partial charge is 0.269 e.